The predicted octanol–water partition coefficient (Wildman–Crippen LogP) is 5.30. The van der Waals surface area contributed by atoms with Gasteiger partial charge in [0.1, 0.15) is 11.4 Å². The van der Waals surface area contributed by atoms with Gasteiger partial charge in [-0.05, 0) is 36.4 Å². The first kappa shape index (κ1) is 14.1. The Morgan fingerprint density at radius 1 is 1.14 bits per heavy atom. The van der Waals surface area contributed by atoms with E-state index in [1.807, 2.05) is 0 Å². The second-order valence-electron chi connectivity index (χ2n) is 4.59. The zero-order chi connectivity index (χ0) is 15.0. The van der Waals surface area contributed by atoms with Gasteiger partial charge in [-0.25, -0.2) is 4.39 Å². The Bertz CT molecular complexity index is 819. The lowest BCUT2D eigenvalue weighted by atomic mass is 10.1. The van der Waals surface area contributed by atoms with E-state index in [9.17, 15) is 9.18 Å². The summed E-state index contributed by atoms with van der Waals surface area (Å²) in [6, 6.07) is 11.0. The molecule has 0 fully saturated rings. The number of hydrogen-bond acceptors (Lipinski definition) is 2. The van der Waals surface area contributed by atoms with Crippen molar-refractivity contribution >= 4 is 40.0 Å². The maximum absolute atomic E-state index is 13.7. The molecular weight excluding hydrogens is 314 g/mol. The number of halogens is 3. The number of Topliss-reactive ketones (excluding diaryl/α,β-unsaturated/α-hetero) is 1. The standard InChI is InChI=1S/C16H9Cl2FO2/c17-10-4-5-15-9(6-10)7-16(21-15)14(20)8-11-12(18)2-1-3-13(11)19/h1-7H,8H2. The van der Waals surface area contributed by atoms with E-state index in [1.165, 1.54) is 12.1 Å². The Labute approximate surface area is 130 Å². The van der Waals surface area contributed by atoms with Crippen LogP contribution < -0.4 is 0 Å². The van der Waals surface area contributed by atoms with E-state index in [1.54, 1.807) is 30.3 Å². The van der Waals surface area contributed by atoms with Crippen LogP contribution in [0.3, 0.4) is 0 Å². The van der Waals surface area contributed by atoms with Gasteiger partial charge in [-0.3, -0.25) is 4.79 Å². The topological polar surface area (TPSA) is 30.2 Å². The van der Waals surface area contributed by atoms with Gasteiger partial charge in [0.2, 0.25) is 5.78 Å². The number of hydrogen-bond donors (Lipinski definition) is 0. The maximum Gasteiger partial charge on any atom is 0.202 e. The molecule has 0 atom stereocenters. The predicted molar refractivity (Wildman–Crippen MR) is 80.7 cm³/mol. The lowest BCUT2D eigenvalue weighted by Gasteiger charge is -2.03. The molecule has 1 heterocycles. The van der Waals surface area contributed by atoms with Gasteiger partial charge in [-0.2, -0.15) is 0 Å². The highest BCUT2D eigenvalue weighted by Crippen LogP contribution is 2.25. The number of carbonyl (C=O) groups excluding carboxylic acids is 1. The average Bonchev–Trinajstić information content (AvgIpc) is 2.86. The number of ketones is 1. The normalized spacial score (nSPS) is 11.0. The summed E-state index contributed by atoms with van der Waals surface area (Å²) in [6.07, 6.45) is -0.154. The van der Waals surface area contributed by atoms with Gasteiger partial charge >= 0.3 is 0 Å². The summed E-state index contributed by atoms with van der Waals surface area (Å²) in [5.74, 6) is -0.684. The maximum atomic E-state index is 13.7. The molecule has 2 aromatic carbocycles. The highest BCUT2D eigenvalue weighted by molar-refractivity contribution is 6.32. The quantitative estimate of drug-likeness (QED) is 0.612. The van der Waals surface area contributed by atoms with Crippen LogP contribution in [0.25, 0.3) is 11.0 Å². The largest absolute Gasteiger partial charge is 0.453 e. The van der Waals surface area contributed by atoms with Gasteiger partial charge in [0.25, 0.3) is 0 Å². The van der Waals surface area contributed by atoms with Crippen LogP contribution in [0.4, 0.5) is 4.39 Å². The summed E-state index contributed by atoms with van der Waals surface area (Å²) in [4.78, 5) is 12.2. The third-order valence-corrected chi connectivity index (χ3v) is 3.74. The van der Waals surface area contributed by atoms with Gasteiger partial charge in [0, 0.05) is 27.4 Å². The molecule has 5 heteroatoms. The summed E-state index contributed by atoms with van der Waals surface area (Å²) in [6.45, 7) is 0. The Hall–Kier alpha value is -1.84. The molecule has 0 aliphatic rings. The van der Waals surface area contributed by atoms with Crippen LogP contribution in [0.2, 0.25) is 10.0 Å². The second-order valence-corrected chi connectivity index (χ2v) is 5.44. The number of furan rings is 1. The molecule has 0 aliphatic heterocycles. The van der Waals surface area contributed by atoms with Crippen LogP contribution in [0.5, 0.6) is 0 Å². The molecule has 106 valence electrons. The van der Waals surface area contributed by atoms with E-state index < -0.39 is 5.82 Å². The van der Waals surface area contributed by atoms with E-state index >= 15 is 0 Å². The van der Waals surface area contributed by atoms with Gasteiger partial charge in [-0.1, -0.05) is 29.3 Å². The van der Waals surface area contributed by atoms with Crippen molar-refractivity contribution in [1.82, 2.24) is 0 Å². The minimum atomic E-state index is -0.505. The molecule has 21 heavy (non-hydrogen) atoms. The second kappa shape index (κ2) is 5.51. The van der Waals surface area contributed by atoms with Crippen LogP contribution in [0.1, 0.15) is 16.1 Å². The molecule has 3 rings (SSSR count). The first-order valence-corrected chi connectivity index (χ1v) is 6.95. The number of carbonyl (C=O) groups is 1. The van der Waals surface area contributed by atoms with Gasteiger partial charge in [-0.15, -0.1) is 0 Å². The molecule has 0 saturated heterocycles. The van der Waals surface area contributed by atoms with E-state index in [0.717, 1.165) is 5.39 Å². The third-order valence-electron chi connectivity index (χ3n) is 3.15. The van der Waals surface area contributed by atoms with Crippen LogP contribution >= 0.6 is 23.2 Å². The van der Waals surface area contributed by atoms with Crippen LogP contribution in [-0.4, -0.2) is 5.78 Å². The fourth-order valence-corrected chi connectivity index (χ4v) is 2.51. The van der Waals surface area contributed by atoms with Crippen LogP contribution in [0.15, 0.2) is 46.9 Å². The van der Waals surface area contributed by atoms with E-state index in [4.69, 9.17) is 27.6 Å². The van der Waals surface area contributed by atoms with Crippen molar-refractivity contribution < 1.29 is 13.6 Å². The number of benzene rings is 2. The summed E-state index contributed by atoms with van der Waals surface area (Å²) in [5, 5.41) is 1.51. The number of fused-ring (bicyclic) bond motifs is 1. The zero-order valence-corrected chi connectivity index (χ0v) is 12.2. The monoisotopic (exact) mass is 322 g/mol. The van der Waals surface area contributed by atoms with Crippen molar-refractivity contribution in [1.29, 1.82) is 0 Å². The van der Waals surface area contributed by atoms with E-state index in [0.29, 0.717) is 10.6 Å². The molecule has 0 bridgehead atoms. The van der Waals surface area contributed by atoms with Crippen molar-refractivity contribution in [3.63, 3.8) is 0 Å². The molecule has 0 spiro atoms. The van der Waals surface area contributed by atoms with Crippen molar-refractivity contribution in [3.05, 3.63) is 69.7 Å². The molecule has 0 saturated carbocycles. The fraction of sp³-hybridized carbons (Fsp3) is 0.0625. The molecular formula is C16H9Cl2FO2. The molecule has 2 nitrogen and oxygen atoms in total. The van der Waals surface area contributed by atoms with E-state index in [-0.39, 0.29) is 28.6 Å². The summed E-state index contributed by atoms with van der Waals surface area (Å²) >= 11 is 11.8. The smallest absolute Gasteiger partial charge is 0.202 e. The highest BCUT2D eigenvalue weighted by Gasteiger charge is 2.17. The molecule has 3 aromatic rings. The average molecular weight is 323 g/mol. The Kier molecular flexibility index (Phi) is 3.70. The third kappa shape index (κ3) is 2.80. The van der Waals surface area contributed by atoms with Crippen LogP contribution in [0, 0.1) is 5.82 Å². The molecule has 0 amide bonds. The Balaban J connectivity index is 1.94. The van der Waals surface area contributed by atoms with Crippen molar-refractivity contribution in [2.24, 2.45) is 0 Å². The molecule has 1 aromatic heterocycles. The summed E-state index contributed by atoms with van der Waals surface area (Å²) in [5.41, 5.74) is 0.727. The zero-order valence-electron chi connectivity index (χ0n) is 10.7. The highest BCUT2D eigenvalue weighted by atomic mass is 35.5. The van der Waals surface area contributed by atoms with Gasteiger partial charge in [0.05, 0.1) is 0 Å². The molecule has 0 radical (unpaired) electrons. The lowest BCUT2D eigenvalue weighted by Crippen LogP contribution is -2.04. The van der Waals surface area contributed by atoms with Gasteiger partial charge < -0.3 is 4.42 Å². The SMILES string of the molecule is O=C(Cc1c(F)cccc1Cl)c1cc2cc(Cl)ccc2o1. The number of rotatable bonds is 3. The van der Waals surface area contributed by atoms with Crippen LogP contribution in [-0.2, 0) is 6.42 Å². The van der Waals surface area contributed by atoms with Crippen molar-refractivity contribution in [3.8, 4) is 0 Å². The molecule has 0 N–H and O–H groups in total. The van der Waals surface area contributed by atoms with Gasteiger partial charge in [0.15, 0.2) is 5.76 Å². The molecule has 0 aliphatic carbocycles. The summed E-state index contributed by atoms with van der Waals surface area (Å²) < 4.78 is 19.2. The Morgan fingerprint density at radius 3 is 2.71 bits per heavy atom. The first-order valence-electron chi connectivity index (χ1n) is 6.20. The minimum absolute atomic E-state index is 0.154. The Morgan fingerprint density at radius 2 is 1.95 bits per heavy atom. The molecule has 0 unspecified atom stereocenters. The fourth-order valence-electron chi connectivity index (χ4n) is 2.10. The van der Waals surface area contributed by atoms with E-state index in [2.05, 4.69) is 0 Å². The lowest BCUT2D eigenvalue weighted by molar-refractivity contribution is 0.0967. The minimum Gasteiger partial charge on any atom is -0.453 e. The summed E-state index contributed by atoms with van der Waals surface area (Å²) in [7, 11) is 0. The van der Waals surface area contributed by atoms with Crippen molar-refractivity contribution in [2.45, 2.75) is 6.42 Å². The van der Waals surface area contributed by atoms with Crippen molar-refractivity contribution in [2.75, 3.05) is 0 Å². The first-order chi connectivity index (χ1) is 10.0.